The molecule has 3 saturated carbocycles. The number of amides is 2. The number of carbonyl (C=O) groups is 4. The number of fused-ring (bicyclic) bond motifs is 7. The number of benzene rings is 2. The molecule has 2 aromatic carbocycles. The minimum atomic E-state index is -2.33. The van der Waals surface area contributed by atoms with Crippen LogP contribution in [-0.2, 0) is 35.1 Å². The van der Waals surface area contributed by atoms with Crippen LogP contribution in [0.1, 0.15) is 69.9 Å². The highest BCUT2D eigenvalue weighted by Gasteiger charge is 2.80. The number of nitrogens with one attached hydrogen (secondary N) is 2. The Balaban J connectivity index is 1.09. The molecule has 0 bridgehead atoms. The third-order valence-electron chi connectivity index (χ3n) is 12.9. The van der Waals surface area contributed by atoms with Crippen LogP contribution < -0.4 is 16.4 Å². The molecule has 4 unspecified atom stereocenters. The fourth-order valence-electron chi connectivity index (χ4n) is 10.2. The van der Waals surface area contributed by atoms with Crippen molar-refractivity contribution in [3.05, 3.63) is 89.0 Å². The standard InChI is InChI=1S/C41H47F2N3O8/c1-21(44)35(51)45-22(2)36(52)46-26-7-5-6-24(15-26)14-23-8-10-25(11-9-23)37-53-34-18-28-29-17-31(42)30-16-27(48)12-13-38(30,3)40(29,43)32(49)19-39(28,4)41(34,54-37)33(50)20-47/h5-13,15-16,21-22,28-29,31-32,34,37,47,49H,14,17-20,44H2,1-4H3,(H,45,51)(H,46,52)/t21-,22-,28-,29?,31-,32?,34+,37?,38?,39-,40-,41+/m0/s1. The Hall–Kier alpha value is -4.14. The normalized spacial score (nSPS) is 37.6. The lowest BCUT2D eigenvalue weighted by Gasteiger charge is -2.63. The third kappa shape index (κ3) is 5.69. The summed E-state index contributed by atoms with van der Waals surface area (Å²) < 4.78 is 46.6. The number of aliphatic hydroxyl groups is 2. The first-order valence-corrected chi connectivity index (χ1v) is 18.5. The summed E-state index contributed by atoms with van der Waals surface area (Å²) in [7, 11) is 0. The van der Waals surface area contributed by atoms with E-state index >= 15 is 8.78 Å². The fraction of sp³-hybridized carbons (Fsp3) is 0.512. The van der Waals surface area contributed by atoms with E-state index in [0.29, 0.717) is 17.7 Å². The number of ketones is 2. The van der Waals surface area contributed by atoms with Gasteiger partial charge in [-0.05, 0) is 93.4 Å². The van der Waals surface area contributed by atoms with Gasteiger partial charge in [-0.3, -0.25) is 19.2 Å². The molecule has 0 spiro atoms. The minimum Gasteiger partial charge on any atom is -0.390 e. The fourth-order valence-corrected chi connectivity index (χ4v) is 10.2. The summed E-state index contributed by atoms with van der Waals surface area (Å²) in [6.07, 6.45) is -1.26. The molecule has 1 saturated heterocycles. The van der Waals surface area contributed by atoms with E-state index in [4.69, 9.17) is 15.2 Å². The maximum absolute atomic E-state index is 17.7. The molecule has 54 heavy (non-hydrogen) atoms. The van der Waals surface area contributed by atoms with Crippen molar-refractivity contribution < 1.29 is 47.6 Å². The molecule has 0 aromatic heterocycles. The van der Waals surface area contributed by atoms with E-state index in [0.717, 1.165) is 17.2 Å². The third-order valence-corrected chi connectivity index (χ3v) is 12.9. The number of rotatable bonds is 9. The highest BCUT2D eigenvalue weighted by molar-refractivity contribution is 6.01. The second-order valence-electron chi connectivity index (χ2n) is 16.1. The molecule has 1 aliphatic heterocycles. The van der Waals surface area contributed by atoms with E-state index in [2.05, 4.69) is 10.6 Å². The second kappa shape index (κ2) is 13.6. The summed E-state index contributed by atoms with van der Waals surface area (Å²) in [6, 6.07) is 13.2. The van der Waals surface area contributed by atoms with Gasteiger partial charge in [-0.1, -0.05) is 49.4 Å². The highest BCUT2D eigenvalue weighted by atomic mass is 19.1. The van der Waals surface area contributed by atoms with Crippen molar-refractivity contribution in [2.75, 3.05) is 11.9 Å². The summed E-state index contributed by atoms with van der Waals surface area (Å²) in [5.74, 6) is -3.57. The number of hydrogen-bond donors (Lipinski definition) is 5. The maximum Gasteiger partial charge on any atom is 0.246 e. The Labute approximate surface area is 312 Å². The molecule has 6 N–H and O–H groups in total. The van der Waals surface area contributed by atoms with Crippen LogP contribution in [0, 0.1) is 22.7 Å². The van der Waals surface area contributed by atoms with Gasteiger partial charge in [0.15, 0.2) is 29.1 Å². The summed E-state index contributed by atoms with van der Waals surface area (Å²) in [5.41, 5.74) is 1.76. The largest absolute Gasteiger partial charge is 0.390 e. The molecule has 4 aliphatic carbocycles. The molecule has 0 radical (unpaired) electrons. The van der Waals surface area contributed by atoms with Crippen molar-refractivity contribution in [1.82, 2.24) is 5.32 Å². The Morgan fingerprint density at radius 1 is 1.04 bits per heavy atom. The lowest BCUT2D eigenvalue weighted by Crippen LogP contribution is -2.70. The molecule has 1 heterocycles. The smallest absolute Gasteiger partial charge is 0.246 e. The molecule has 13 heteroatoms. The van der Waals surface area contributed by atoms with Gasteiger partial charge in [0, 0.05) is 28.0 Å². The van der Waals surface area contributed by atoms with E-state index in [1.54, 1.807) is 19.9 Å². The number of carbonyl (C=O) groups excluding carboxylic acids is 4. The Kier molecular flexibility index (Phi) is 9.58. The van der Waals surface area contributed by atoms with Crippen LogP contribution >= 0.6 is 0 Å². The van der Waals surface area contributed by atoms with Crippen LogP contribution in [0.25, 0.3) is 0 Å². The van der Waals surface area contributed by atoms with Crippen LogP contribution in [0.4, 0.5) is 14.5 Å². The molecular formula is C41H47F2N3O8. The van der Waals surface area contributed by atoms with Crippen molar-refractivity contribution >= 4 is 29.1 Å². The van der Waals surface area contributed by atoms with E-state index in [1.165, 1.54) is 26.0 Å². The molecule has 11 nitrogen and oxygen atoms in total. The topological polar surface area (TPSA) is 177 Å². The van der Waals surface area contributed by atoms with Gasteiger partial charge in [0.05, 0.1) is 18.2 Å². The van der Waals surface area contributed by atoms with Crippen LogP contribution in [-0.4, -0.2) is 81.9 Å². The number of allylic oxidation sites excluding steroid dienone is 4. The first-order chi connectivity index (χ1) is 25.5. The number of ether oxygens (including phenoxy) is 2. The van der Waals surface area contributed by atoms with Crippen molar-refractivity contribution in [2.45, 2.75) is 101 Å². The average Bonchev–Trinajstić information content (AvgIpc) is 3.63. The number of anilines is 1. The number of Topliss-reactive ketones (excluding diaryl/α,β-unsaturated/α-hetero) is 1. The van der Waals surface area contributed by atoms with Crippen molar-refractivity contribution in [3.8, 4) is 0 Å². The molecular weight excluding hydrogens is 700 g/mol. The van der Waals surface area contributed by atoms with Crippen molar-refractivity contribution in [2.24, 2.45) is 28.4 Å². The van der Waals surface area contributed by atoms with Crippen LogP contribution in [0.15, 0.2) is 72.3 Å². The second-order valence-corrected chi connectivity index (χ2v) is 16.1. The molecule has 4 fully saturated rings. The number of nitrogens with two attached hydrogens (primary N) is 1. The van der Waals surface area contributed by atoms with Gasteiger partial charge < -0.3 is 36.1 Å². The zero-order valence-corrected chi connectivity index (χ0v) is 30.7. The molecule has 2 aromatic rings. The first-order valence-electron chi connectivity index (χ1n) is 18.5. The number of alkyl halides is 2. The molecule has 2 amide bonds. The van der Waals surface area contributed by atoms with Crippen molar-refractivity contribution in [1.29, 1.82) is 0 Å². The van der Waals surface area contributed by atoms with Gasteiger partial charge in [0.2, 0.25) is 11.8 Å². The van der Waals surface area contributed by atoms with Gasteiger partial charge in [0.1, 0.15) is 18.8 Å². The molecule has 5 aliphatic rings. The van der Waals surface area contributed by atoms with Crippen LogP contribution in [0.3, 0.4) is 0 Å². The SMILES string of the molecule is C[C@H](N)C(=O)N[C@@H](C)C(=O)Nc1cccc(Cc2ccc(C3O[C@@H]4C[C@H]5C6C[C@H](F)C7=CC(=O)C=CC7(C)[C@@]6(F)C(O)C[C@]5(C)[C@]4(C(=O)CO)O3)cc2)c1. The number of aliphatic hydroxyl groups excluding tert-OH is 2. The molecule has 288 valence electrons. The molecule has 7 rings (SSSR count). The van der Waals surface area contributed by atoms with Gasteiger partial charge >= 0.3 is 0 Å². The highest BCUT2D eigenvalue weighted by Crippen LogP contribution is 2.72. The van der Waals surface area contributed by atoms with E-state index in [-0.39, 0.29) is 30.7 Å². The Morgan fingerprint density at radius 2 is 1.76 bits per heavy atom. The Morgan fingerprint density at radius 3 is 2.44 bits per heavy atom. The van der Waals surface area contributed by atoms with Crippen LogP contribution in [0.2, 0.25) is 0 Å². The predicted molar refractivity (Wildman–Crippen MR) is 193 cm³/mol. The van der Waals surface area contributed by atoms with E-state index in [1.807, 2.05) is 42.5 Å². The molecule has 12 atom stereocenters. The lowest BCUT2D eigenvalue weighted by atomic mass is 9.44. The Bertz CT molecular complexity index is 1940. The number of halogens is 2. The van der Waals surface area contributed by atoms with Gasteiger partial charge in [0.25, 0.3) is 0 Å². The minimum absolute atomic E-state index is 0.0147. The lowest BCUT2D eigenvalue weighted by molar-refractivity contribution is -0.235. The summed E-state index contributed by atoms with van der Waals surface area (Å²) >= 11 is 0. The monoisotopic (exact) mass is 747 g/mol. The van der Waals surface area contributed by atoms with Gasteiger partial charge in [-0.2, -0.15) is 0 Å². The summed E-state index contributed by atoms with van der Waals surface area (Å²) in [5, 5.41) is 27.4. The predicted octanol–water partition coefficient (Wildman–Crippen LogP) is 3.71. The van der Waals surface area contributed by atoms with E-state index in [9.17, 15) is 29.4 Å². The van der Waals surface area contributed by atoms with Crippen LogP contribution in [0.5, 0.6) is 0 Å². The van der Waals surface area contributed by atoms with Gasteiger partial charge in [-0.15, -0.1) is 0 Å². The zero-order valence-electron chi connectivity index (χ0n) is 30.7. The maximum atomic E-state index is 17.7. The average molecular weight is 748 g/mol. The number of hydrogen-bond acceptors (Lipinski definition) is 9. The first kappa shape index (κ1) is 38.1. The van der Waals surface area contributed by atoms with E-state index < -0.39 is 94.8 Å². The van der Waals surface area contributed by atoms with Crippen molar-refractivity contribution in [3.63, 3.8) is 0 Å². The quantitative estimate of drug-likeness (QED) is 0.256. The van der Waals surface area contributed by atoms with Gasteiger partial charge in [-0.25, -0.2) is 8.78 Å². The summed E-state index contributed by atoms with van der Waals surface area (Å²) in [4.78, 5) is 50.6. The summed E-state index contributed by atoms with van der Waals surface area (Å²) in [6.45, 7) is 5.51. The zero-order chi connectivity index (χ0) is 39.0.